The first-order valence-corrected chi connectivity index (χ1v) is 10.4. The predicted molar refractivity (Wildman–Crippen MR) is 129 cm³/mol. The van der Waals surface area contributed by atoms with E-state index in [1.165, 1.54) is 29.8 Å². The number of nitro benzene ring substituents is 1. The van der Waals surface area contributed by atoms with Crippen molar-refractivity contribution in [3.63, 3.8) is 0 Å². The zero-order valence-corrected chi connectivity index (χ0v) is 18.5. The van der Waals surface area contributed by atoms with Crippen molar-refractivity contribution in [1.82, 2.24) is 4.98 Å². The van der Waals surface area contributed by atoms with Gasteiger partial charge in [0.05, 0.1) is 22.2 Å². The summed E-state index contributed by atoms with van der Waals surface area (Å²) in [5.74, 6) is -0.0303. The van der Waals surface area contributed by atoms with E-state index in [4.69, 9.17) is 4.42 Å². The highest BCUT2D eigenvalue weighted by atomic mass is 16.6. The van der Waals surface area contributed by atoms with Crippen LogP contribution in [0.1, 0.15) is 31.9 Å². The van der Waals surface area contributed by atoms with Gasteiger partial charge in [0.25, 0.3) is 5.69 Å². The van der Waals surface area contributed by atoms with Crippen molar-refractivity contribution in [3.05, 3.63) is 94.0 Å². The second-order valence-electron chi connectivity index (χ2n) is 8.67. The Kier molecular flexibility index (Phi) is 5.79. The average Bonchev–Trinajstić information content (AvgIpc) is 3.21. The molecular weight excluding hydrogens is 418 g/mol. The average molecular weight is 441 g/mol. The van der Waals surface area contributed by atoms with E-state index in [0.29, 0.717) is 22.4 Å². The van der Waals surface area contributed by atoms with Crippen LogP contribution >= 0.6 is 0 Å². The SMILES string of the molecule is CC(C)(C)c1ccc(C=CC(=O)Nc2ccccc2-c2nc3ccc([N+](=O)[O-])cc3o2)cc1. The summed E-state index contributed by atoms with van der Waals surface area (Å²) in [5.41, 5.74) is 4.04. The van der Waals surface area contributed by atoms with Crippen LogP contribution < -0.4 is 5.32 Å². The third-order valence-electron chi connectivity index (χ3n) is 5.20. The lowest BCUT2D eigenvalue weighted by molar-refractivity contribution is -0.384. The van der Waals surface area contributed by atoms with E-state index in [-0.39, 0.29) is 22.9 Å². The first-order valence-electron chi connectivity index (χ1n) is 10.4. The molecule has 166 valence electrons. The molecule has 1 aromatic heterocycles. The zero-order chi connectivity index (χ0) is 23.6. The minimum absolute atomic E-state index is 0.0684. The third-order valence-corrected chi connectivity index (χ3v) is 5.20. The minimum atomic E-state index is -0.487. The van der Waals surface area contributed by atoms with Gasteiger partial charge in [-0.3, -0.25) is 14.9 Å². The van der Waals surface area contributed by atoms with Crippen LogP contribution in [0.2, 0.25) is 0 Å². The number of carbonyl (C=O) groups excluding carboxylic acids is 1. The van der Waals surface area contributed by atoms with Gasteiger partial charge in [0.1, 0.15) is 5.52 Å². The molecule has 0 spiro atoms. The van der Waals surface area contributed by atoms with Gasteiger partial charge in [0.15, 0.2) is 5.58 Å². The van der Waals surface area contributed by atoms with Crippen LogP contribution in [0.5, 0.6) is 0 Å². The summed E-state index contributed by atoms with van der Waals surface area (Å²) >= 11 is 0. The first-order chi connectivity index (χ1) is 15.7. The molecule has 7 heteroatoms. The first kappa shape index (κ1) is 22.0. The number of hydrogen-bond donors (Lipinski definition) is 1. The van der Waals surface area contributed by atoms with E-state index >= 15 is 0 Å². The number of carbonyl (C=O) groups is 1. The summed E-state index contributed by atoms with van der Waals surface area (Å²) in [4.78, 5) is 27.5. The molecule has 0 fully saturated rings. The predicted octanol–water partition coefficient (Wildman–Crippen LogP) is 6.35. The number of para-hydroxylation sites is 1. The molecule has 4 aromatic rings. The van der Waals surface area contributed by atoms with Crippen LogP contribution in [0, 0.1) is 10.1 Å². The Morgan fingerprint density at radius 3 is 2.48 bits per heavy atom. The Hall–Kier alpha value is -4.26. The highest BCUT2D eigenvalue weighted by Crippen LogP contribution is 2.31. The van der Waals surface area contributed by atoms with Gasteiger partial charge < -0.3 is 9.73 Å². The molecule has 1 amide bonds. The highest BCUT2D eigenvalue weighted by Gasteiger charge is 2.16. The number of rotatable bonds is 5. The molecule has 0 aliphatic heterocycles. The van der Waals surface area contributed by atoms with E-state index in [2.05, 4.69) is 43.2 Å². The summed E-state index contributed by atoms with van der Waals surface area (Å²) in [6.07, 6.45) is 3.22. The number of aromatic nitrogens is 1. The molecule has 33 heavy (non-hydrogen) atoms. The van der Waals surface area contributed by atoms with Crippen molar-refractivity contribution in [2.45, 2.75) is 26.2 Å². The van der Waals surface area contributed by atoms with Crippen LogP contribution in [0.4, 0.5) is 11.4 Å². The smallest absolute Gasteiger partial charge is 0.273 e. The van der Waals surface area contributed by atoms with Crippen molar-refractivity contribution in [1.29, 1.82) is 0 Å². The monoisotopic (exact) mass is 441 g/mol. The summed E-state index contributed by atoms with van der Waals surface area (Å²) in [7, 11) is 0. The zero-order valence-electron chi connectivity index (χ0n) is 18.5. The van der Waals surface area contributed by atoms with Gasteiger partial charge in [-0.05, 0) is 40.8 Å². The number of anilines is 1. The molecular formula is C26H23N3O4. The number of oxazole rings is 1. The molecule has 1 heterocycles. The van der Waals surface area contributed by atoms with Gasteiger partial charge in [0, 0.05) is 12.1 Å². The quantitative estimate of drug-likeness (QED) is 0.221. The Morgan fingerprint density at radius 1 is 1.06 bits per heavy atom. The number of nitrogens with zero attached hydrogens (tertiary/aromatic N) is 2. The molecule has 0 atom stereocenters. The molecule has 0 radical (unpaired) electrons. The van der Waals surface area contributed by atoms with Gasteiger partial charge in [-0.2, -0.15) is 0 Å². The number of nitrogens with one attached hydrogen (secondary N) is 1. The Morgan fingerprint density at radius 2 is 1.79 bits per heavy atom. The molecule has 4 rings (SSSR count). The van der Waals surface area contributed by atoms with E-state index in [9.17, 15) is 14.9 Å². The van der Waals surface area contributed by atoms with Crippen molar-refractivity contribution in [3.8, 4) is 11.5 Å². The molecule has 3 aromatic carbocycles. The number of non-ortho nitro benzene ring substituents is 1. The van der Waals surface area contributed by atoms with Crippen molar-refractivity contribution in [2.75, 3.05) is 5.32 Å². The number of nitro groups is 1. The summed E-state index contributed by atoms with van der Waals surface area (Å²) < 4.78 is 5.75. The Labute approximate surface area is 190 Å². The molecule has 0 aliphatic carbocycles. The topological polar surface area (TPSA) is 98.3 Å². The van der Waals surface area contributed by atoms with Crippen LogP contribution in [0.25, 0.3) is 28.6 Å². The van der Waals surface area contributed by atoms with Gasteiger partial charge in [-0.1, -0.05) is 57.2 Å². The lowest BCUT2D eigenvalue weighted by Gasteiger charge is -2.18. The molecule has 7 nitrogen and oxygen atoms in total. The van der Waals surface area contributed by atoms with Crippen LogP contribution in [-0.2, 0) is 10.2 Å². The highest BCUT2D eigenvalue weighted by molar-refractivity contribution is 6.04. The van der Waals surface area contributed by atoms with Gasteiger partial charge in [-0.25, -0.2) is 4.98 Å². The minimum Gasteiger partial charge on any atom is -0.436 e. The molecule has 0 saturated heterocycles. The molecule has 0 bridgehead atoms. The summed E-state index contributed by atoms with van der Waals surface area (Å²) in [6, 6.07) is 19.4. The van der Waals surface area contributed by atoms with E-state index in [1.807, 2.05) is 12.1 Å². The van der Waals surface area contributed by atoms with Crippen molar-refractivity contribution < 1.29 is 14.1 Å². The maximum Gasteiger partial charge on any atom is 0.273 e. The van der Waals surface area contributed by atoms with E-state index in [1.54, 1.807) is 30.3 Å². The fourth-order valence-electron chi connectivity index (χ4n) is 3.36. The van der Waals surface area contributed by atoms with E-state index < -0.39 is 4.92 Å². The number of fused-ring (bicyclic) bond motifs is 1. The molecule has 0 unspecified atom stereocenters. The second kappa shape index (κ2) is 8.70. The van der Waals surface area contributed by atoms with Crippen molar-refractivity contribution >= 4 is 34.5 Å². The third kappa shape index (κ3) is 4.98. The standard InChI is InChI=1S/C26H23N3O4/c1-26(2,3)18-11-8-17(9-12-18)10-15-24(30)27-21-7-5-4-6-20(21)25-28-22-14-13-19(29(31)32)16-23(22)33-25/h4-16H,1-3H3,(H,27,30). The van der Waals surface area contributed by atoms with Crippen LogP contribution in [0.15, 0.2) is 77.2 Å². The Balaban J connectivity index is 1.54. The summed E-state index contributed by atoms with van der Waals surface area (Å²) in [5, 5.41) is 13.9. The summed E-state index contributed by atoms with van der Waals surface area (Å²) in [6.45, 7) is 6.46. The maximum atomic E-state index is 12.6. The number of benzene rings is 3. The second-order valence-corrected chi connectivity index (χ2v) is 8.67. The fourth-order valence-corrected chi connectivity index (χ4v) is 3.36. The van der Waals surface area contributed by atoms with Gasteiger partial charge in [0.2, 0.25) is 11.8 Å². The lowest BCUT2D eigenvalue weighted by Crippen LogP contribution is -2.10. The normalized spacial score (nSPS) is 11.7. The molecule has 0 saturated carbocycles. The maximum absolute atomic E-state index is 12.6. The van der Waals surface area contributed by atoms with Gasteiger partial charge in [-0.15, -0.1) is 0 Å². The molecule has 0 aliphatic rings. The largest absolute Gasteiger partial charge is 0.436 e. The number of amides is 1. The Bertz CT molecular complexity index is 1360. The fraction of sp³-hybridized carbons (Fsp3) is 0.154. The van der Waals surface area contributed by atoms with Crippen LogP contribution in [0.3, 0.4) is 0 Å². The van der Waals surface area contributed by atoms with Crippen LogP contribution in [-0.4, -0.2) is 15.8 Å². The van der Waals surface area contributed by atoms with E-state index in [0.717, 1.165) is 5.56 Å². The number of hydrogen-bond acceptors (Lipinski definition) is 5. The van der Waals surface area contributed by atoms with Gasteiger partial charge >= 0.3 is 0 Å². The lowest BCUT2D eigenvalue weighted by atomic mass is 9.87. The molecule has 1 N–H and O–H groups in total. The van der Waals surface area contributed by atoms with Crippen molar-refractivity contribution in [2.24, 2.45) is 0 Å².